The molecule has 3 N–H and O–H groups in total. The molecule has 5 rings (SSSR count). The SMILES string of the molecule is C[C@@H](COCc1nnn(C)n1)NC1CCC(Nc2cc(-c3cccc(NCC4(C#N)CCOCC4)n3)c(Cl)cn2)CC1. The van der Waals surface area contributed by atoms with Gasteiger partial charge in [0, 0.05) is 49.6 Å². The summed E-state index contributed by atoms with van der Waals surface area (Å²) in [5.41, 5.74) is 1.14. The van der Waals surface area contributed by atoms with Gasteiger partial charge in [-0.15, -0.1) is 10.2 Å². The smallest absolute Gasteiger partial charge is 0.200 e. The van der Waals surface area contributed by atoms with E-state index in [0.29, 0.717) is 61.7 Å². The number of aromatic nitrogens is 6. The highest BCUT2D eigenvalue weighted by Gasteiger charge is 2.32. The van der Waals surface area contributed by atoms with E-state index in [4.69, 9.17) is 26.1 Å². The normalized spacial score (nSPS) is 20.9. The Morgan fingerprint density at radius 1 is 1.19 bits per heavy atom. The third kappa shape index (κ3) is 8.13. The van der Waals surface area contributed by atoms with Crippen molar-refractivity contribution in [2.45, 2.75) is 70.2 Å². The third-order valence-corrected chi connectivity index (χ3v) is 8.22. The minimum absolute atomic E-state index is 0.233. The van der Waals surface area contributed by atoms with Crippen LogP contribution >= 0.6 is 11.6 Å². The molecule has 12 nitrogen and oxygen atoms in total. The van der Waals surface area contributed by atoms with Crippen LogP contribution in [0.5, 0.6) is 0 Å². The summed E-state index contributed by atoms with van der Waals surface area (Å²) in [6, 6.07) is 11.3. The van der Waals surface area contributed by atoms with Crippen LogP contribution < -0.4 is 16.0 Å². The molecule has 1 atom stereocenters. The Hall–Kier alpha value is -3.37. The summed E-state index contributed by atoms with van der Waals surface area (Å²) in [6.45, 7) is 4.85. The van der Waals surface area contributed by atoms with E-state index in [2.05, 4.69) is 49.3 Å². The first-order chi connectivity index (χ1) is 20.4. The van der Waals surface area contributed by atoms with Gasteiger partial charge in [-0.2, -0.15) is 10.1 Å². The number of ether oxygens (including phenoxy) is 2. The molecular weight excluding hydrogens is 556 g/mol. The number of aryl methyl sites for hydroxylation is 1. The summed E-state index contributed by atoms with van der Waals surface area (Å²) in [7, 11) is 1.74. The van der Waals surface area contributed by atoms with Gasteiger partial charge in [-0.3, -0.25) is 0 Å². The Bertz CT molecular complexity index is 1350. The molecule has 3 aromatic rings. The van der Waals surface area contributed by atoms with Gasteiger partial charge in [-0.1, -0.05) is 17.7 Å². The lowest BCUT2D eigenvalue weighted by molar-refractivity contribution is 0.0455. The van der Waals surface area contributed by atoms with Crippen molar-refractivity contribution in [3.8, 4) is 17.3 Å². The number of nitrogens with zero attached hydrogens (tertiary/aromatic N) is 7. The van der Waals surface area contributed by atoms with Gasteiger partial charge < -0.3 is 25.4 Å². The van der Waals surface area contributed by atoms with Gasteiger partial charge in [0.15, 0.2) is 5.82 Å². The van der Waals surface area contributed by atoms with Crippen molar-refractivity contribution in [1.29, 1.82) is 5.26 Å². The van der Waals surface area contributed by atoms with E-state index in [-0.39, 0.29) is 6.04 Å². The summed E-state index contributed by atoms with van der Waals surface area (Å²) in [6.07, 6.45) is 7.33. The maximum absolute atomic E-state index is 9.76. The van der Waals surface area contributed by atoms with Crippen molar-refractivity contribution in [2.24, 2.45) is 12.5 Å². The molecule has 4 heterocycles. The summed E-state index contributed by atoms with van der Waals surface area (Å²) in [4.78, 5) is 10.8. The molecule has 0 aromatic carbocycles. The predicted molar refractivity (Wildman–Crippen MR) is 160 cm³/mol. The van der Waals surface area contributed by atoms with E-state index < -0.39 is 5.41 Å². The molecule has 1 aliphatic carbocycles. The Kier molecular flexibility index (Phi) is 10.2. The summed E-state index contributed by atoms with van der Waals surface area (Å²) in [5, 5.41) is 32.9. The lowest BCUT2D eigenvalue weighted by atomic mass is 9.82. The zero-order valence-corrected chi connectivity index (χ0v) is 25.0. The Labute approximate surface area is 251 Å². The molecule has 0 radical (unpaired) electrons. The second-order valence-corrected chi connectivity index (χ2v) is 11.7. The van der Waals surface area contributed by atoms with Crippen LogP contribution in [0.1, 0.15) is 51.3 Å². The van der Waals surface area contributed by atoms with E-state index in [1.54, 1.807) is 13.2 Å². The maximum atomic E-state index is 9.76. The first-order valence-electron chi connectivity index (χ1n) is 14.6. The predicted octanol–water partition coefficient (Wildman–Crippen LogP) is 3.97. The van der Waals surface area contributed by atoms with Crippen molar-refractivity contribution < 1.29 is 9.47 Å². The number of halogens is 1. The van der Waals surface area contributed by atoms with E-state index in [1.807, 2.05) is 24.3 Å². The number of nitrogens with one attached hydrogen (secondary N) is 3. The largest absolute Gasteiger partial charge is 0.381 e. The molecule has 1 saturated heterocycles. The summed E-state index contributed by atoms with van der Waals surface area (Å²) >= 11 is 6.57. The Morgan fingerprint density at radius 3 is 2.71 bits per heavy atom. The van der Waals surface area contributed by atoms with Gasteiger partial charge in [0.1, 0.15) is 18.2 Å². The molecular formula is C29H39ClN10O2. The first-order valence-corrected chi connectivity index (χ1v) is 15.0. The van der Waals surface area contributed by atoms with Gasteiger partial charge >= 0.3 is 0 Å². The fourth-order valence-electron chi connectivity index (χ4n) is 5.52. The Morgan fingerprint density at radius 2 is 1.98 bits per heavy atom. The zero-order chi connectivity index (χ0) is 29.4. The number of hydrogen-bond donors (Lipinski definition) is 3. The first kappa shape index (κ1) is 30.1. The molecule has 224 valence electrons. The van der Waals surface area contributed by atoms with E-state index in [9.17, 15) is 5.26 Å². The average Bonchev–Trinajstić information content (AvgIpc) is 3.43. The molecule has 42 heavy (non-hydrogen) atoms. The molecule has 2 fully saturated rings. The highest BCUT2D eigenvalue weighted by molar-refractivity contribution is 6.33. The van der Waals surface area contributed by atoms with Crippen LogP contribution in [0.3, 0.4) is 0 Å². The highest BCUT2D eigenvalue weighted by atomic mass is 35.5. The van der Waals surface area contributed by atoms with Gasteiger partial charge in [0.2, 0.25) is 0 Å². The minimum Gasteiger partial charge on any atom is -0.381 e. The molecule has 0 amide bonds. The second kappa shape index (κ2) is 14.2. The lowest BCUT2D eigenvalue weighted by Crippen LogP contribution is -2.43. The zero-order valence-electron chi connectivity index (χ0n) is 24.2. The lowest BCUT2D eigenvalue weighted by Gasteiger charge is -2.32. The molecule has 0 spiro atoms. The van der Waals surface area contributed by atoms with Crippen LogP contribution in [0, 0.1) is 16.7 Å². The molecule has 1 saturated carbocycles. The summed E-state index contributed by atoms with van der Waals surface area (Å²) in [5.74, 6) is 2.09. The topological polar surface area (TPSA) is 148 Å². The number of tetrazole rings is 1. The molecule has 0 bridgehead atoms. The van der Waals surface area contributed by atoms with Crippen LogP contribution in [0.25, 0.3) is 11.3 Å². The Balaban J connectivity index is 1.10. The van der Waals surface area contributed by atoms with Crippen molar-refractivity contribution in [1.82, 2.24) is 35.5 Å². The summed E-state index contributed by atoms with van der Waals surface area (Å²) < 4.78 is 11.2. The van der Waals surface area contributed by atoms with Crippen molar-refractivity contribution in [3.63, 3.8) is 0 Å². The number of hydrogen-bond acceptors (Lipinski definition) is 11. The van der Waals surface area contributed by atoms with Crippen molar-refractivity contribution in [3.05, 3.63) is 41.3 Å². The fraction of sp³-hybridized carbons (Fsp3) is 0.586. The van der Waals surface area contributed by atoms with E-state index in [0.717, 1.165) is 55.6 Å². The molecule has 3 aromatic heterocycles. The number of rotatable bonds is 12. The van der Waals surface area contributed by atoms with E-state index in [1.165, 1.54) is 4.80 Å². The standard InChI is InChI=1S/C29H39ClN10O2/c1-20(16-42-17-28-37-39-40(2)38-28)34-21-6-8-22(9-7-21)35-27-14-23(24(30)15-32-27)25-4-3-5-26(36-25)33-19-29(18-31)10-12-41-13-11-29/h3-5,14-15,20-22,34H,6-13,16-17,19H2,1-2H3,(H,32,35)(H,33,36)/t20-,21?,22?/m0/s1. The minimum atomic E-state index is -0.433. The number of anilines is 2. The monoisotopic (exact) mass is 594 g/mol. The molecule has 1 aliphatic heterocycles. The number of pyridine rings is 2. The van der Waals surface area contributed by atoms with Crippen LogP contribution in [0.4, 0.5) is 11.6 Å². The van der Waals surface area contributed by atoms with Crippen LogP contribution in [-0.2, 0) is 23.1 Å². The molecule has 2 aliphatic rings. The quantitative estimate of drug-likeness (QED) is 0.280. The van der Waals surface area contributed by atoms with Crippen molar-refractivity contribution in [2.75, 3.05) is 37.0 Å². The van der Waals surface area contributed by atoms with Gasteiger partial charge in [-0.25, -0.2) is 9.97 Å². The van der Waals surface area contributed by atoms with Gasteiger partial charge in [-0.05, 0) is 68.9 Å². The maximum Gasteiger partial charge on any atom is 0.200 e. The number of nitriles is 1. The van der Waals surface area contributed by atoms with Crippen LogP contribution in [0.2, 0.25) is 5.02 Å². The van der Waals surface area contributed by atoms with Crippen molar-refractivity contribution >= 4 is 23.2 Å². The second-order valence-electron chi connectivity index (χ2n) is 11.3. The average molecular weight is 595 g/mol. The van der Waals surface area contributed by atoms with Crippen LogP contribution in [-0.4, -0.2) is 74.7 Å². The van der Waals surface area contributed by atoms with Crippen LogP contribution in [0.15, 0.2) is 30.5 Å². The molecule has 13 heteroatoms. The van der Waals surface area contributed by atoms with Gasteiger partial charge in [0.05, 0.1) is 35.9 Å². The molecule has 0 unspecified atom stereocenters. The third-order valence-electron chi connectivity index (χ3n) is 7.92. The highest BCUT2D eigenvalue weighted by Crippen LogP contribution is 2.32. The van der Waals surface area contributed by atoms with E-state index >= 15 is 0 Å². The van der Waals surface area contributed by atoms with Gasteiger partial charge in [0.25, 0.3) is 0 Å². The fourth-order valence-corrected chi connectivity index (χ4v) is 5.72.